The van der Waals surface area contributed by atoms with E-state index in [0.29, 0.717) is 11.3 Å². The molecular weight excluding hydrogens is 250 g/mol. The SMILES string of the molecule is CCCCCCOCCC(=O)On1c(O)ccc1O. The van der Waals surface area contributed by atoms with Crippen LogP contribution < -0.4 is 4.84 Å². The lowest BCUT2D eigenvalue weighted by atomic mass is 10.2. The largest absolute Gasteiger partial charge is 0.492 e. The Kier molecular flexibility index (Phi) is 6.81. The molecule has 19 heavy (non-hydrogen) atoms. The molecule has 2 N–H and O–H groups in total. The molecule has 0 amide bonds. The highest BCUT2D eigenvalue weighted by atomic mass is 16.7. The molecule has 0 unspecified atom stereocenters. The van der Waals surface area contributed by atoms with Crippen LogP contribution in [0.25, 0.3) is 0 Å². The van der Waals surface area contributed by atoms with Gasteiger partial charge in [0, 0.05) is 18.7 Å². The van der Waals surface area contributed by atoms with E-state index in [1.165, 1.54) is 25.0 Å². The third-order valence-electron chi connectivity index (χ3n) is 2.58. The Morgan fingerprint density at radius 3 is 2.47 bits per heavy atom. The van der Waals surface area contributed by atoms with Gasteiger partial charge in [-0.05, 0) is 6.42 Å². The standard InChI is InChI=1S/C13H21NO5/c1-2-3-4-5-9-18-10-8-13(17)19-14-11(15)6-7-12(14)16/h6-7,15-16H,2-5,8-10H2,1H3. The highest BCUT2D eigenvalue weighted by Gasteiger charge is 2.11. The molecule has 0 saturated heterocycles. The summed E-state index contributed by atoms with van der Waals surface area (Å²) in [6.07, 6.45) is 4.56. The second-order valence-electron chi connectivity index (χ2n) is 4.23. The summed E-state index contributed by atoms with van der Waals surface area (Å²) in [5.74, 6) is -1.23. The Labute approximate surface area is 112 Å². The van der Waals surface area contributed by atoms with Crippen LogP contribution in [0.4, 0.5) is 0 Å². The Hall–Kier alpha value is -1.69. The lowest BCUT2D eigenvalue weighted by Crippen LogP contribution is -2.20. The molecule has 0 fully saturated rings. The number of carbonyl (C=O) groups excluding carboxylic acids is 1. The number of aromatic nitrogens is 1. The van der Waals surface area contributed by atoms with Crippen LogP contribution in [-0.4, -0.2) is 34.1 Å². The van der Waals surface area contributed by atoms with E-state index in [2.05, 4.69) is 6.92 Å². The summed E-state index contributed by atoms with van der Waals surface area (Å²) in [6, 6.07) is 2.46. The lowest BCUT2D eigenvalue weighted by Gasteiger charge is -2.07. The van der Waals surface area contributed by atoms with Crippen molar-refractivity contribution in [2.45, 2.75) is 39.0 Å². The molecule has 1 aromatic rings. The lowest BCUT2D eigenvalue weighted by molar-refractivity contribution is -0.146. The van der Waals surface area contributed by atoms with Crippen molar-refractivity contribution in [3.63, 3.8) is 0 Å². The molecule has 0 aliphatic carbocycles. The van der Waals surface area contributed by atoms with E-state index in [1.54, 1.807) is 0 Å². The molecule has 0 bridgehead atoms. The molecule has 108 valence electrons. The second kappa shape index (κ2) is 8.42. The molecule has 0 aliphatic rings. The maximum Gasteiger partial charge on any atom is 0.335 e. The molecule has 6 nitrogen and oxygen atoms in total. The summed E-state index contributed by atoms with van der Waals surface area (Å²) in [7, 11) is 0. The van der Waals surface area contributed by atoms with Crippen LogP contribution in [0.1, 0.15) is 39.0 Å². The number of hydrogen-bond acceptors (Lipinski definition) is 5. The van der Waals surface area contributed by atoms with Crippen LogP contribution in [0.15, 0.2) is 12.1 Å². The topological polar surface area (TPSA) is 80.9 Å². The average molecular weight is 271 g/mol. The van der Waals surface area contributed by atoms with Crippen LogP contribution in [-0.2, 0) is 9.53 Å². The van der Waals surface area contributed by atoms with Gasteiger partial charge in [0.25, 0.3) is 0 Å². The Bertz CT molecular complexity index is 369. The van der Waals surface area contributed by atoms with Gasteiger partial charge in [-0.2, -0.15) is 0 Å². The van der Waals surface area contributed by atoms with E-state index in [4.69, 9.17) is 9.57 Å². The van der Waals surface area contributed by atoms with Gasteiger partial charge in [0.05, 0.1) is 13.0 Å². The molecule has 0 aromatic carbocycles. The van der Waals surface area contributed by atoms with Gasteiger partial charge in [-0.25, -0.2) is 4.79 Å². The molecule has 6 heteroatoms. The van der Waals surface area contributed by atoms with Gasteiger partial charge in [-0.1, -0.05) is 26.2 Å². The van der Waals surface area contributed by atoms with Crippen molar-refractivity contribution < 1.29 is 24.6 Å². The summed E-state index contributed by atoms with van der Waals surface area (Å²) in [4.78, 5) is 16.2. The maximum atomic E-state index is 11.4. The first-order valence-electron chi connectivity index (χ1n) is 6.53. The third-order valence-corrected chi connectivity index (χ3v) is 2.58. The minimum atomic E-state index is -0.574. The normalized spacial score (nSPS) is 10.6. The van der Waals surface area contributed by atoms with Crippen molar-refractivity contribution in [3.05, 3.63) is 12.1 Å². The second-order valence-corrected chi connectivity index (χ2v) is 4.23. The molecule has 0 aliphatic heterocycles. The van der Waals surface area contributed by atoms with Crippen molar-refractivity contribution in [1.82, 2.24) is 4.73 Å². The van der Waals surface area contributed by atoms with Crippen molar-refractivity contribution >= 4 is 5.97 Å². The van der Waals surface area contributed by atoms with Gasteiger partial charge < -0.3 is 19.8 Å². The predicted octanol–water partition coefficient (Wildman–Crippen LogP) is 1.84. The molecule has 0 atom stereocenters. The van der Waals surface area contributed by atoms with Crippen LogP contribution in [0.2, 0.25) is 0 Å². The quantitative estimate of drug-likeness (QED) is 0.670. The van der Waals surface area contributed by atoms with Gasteiger partial charge >= 0.3 is 5.97 Å². The van der Waals surface area contributed by atoms with Gasteiger partial charge in [0.1, 0.15) is 0 Å². The molecule has 0 radical (unpaired) electrons. The first-order chi connectivity index (χ1) is 9.15. The van der Waals surface area contributed by atoms with Gasteiger partial charge in [0.15, 0.2) is 0 Å². The summed E-state index contributed by atoms with van der Waals surface area (Å²) >= 11 is 0. The number of nitrogens with zero attached hydrogens (tertiary/aromatic N) is 1. The number of unbranched alkanes of at least 4 members (excludes halogenated alkanes) is 3. The third kappa shape index (κ3) is 5.65. The Morgan fingerprint density at radius 2 is 1.84 bits per heavy atom. The van der Waals surface area contributed by atoms with Crippen molar-refractivity contribution in [2.24, 2.45) is 0 Å². The van der Waals surface area contributed by atoms with Gasteiger partial charge in [0.2, 0.25) is 11.8 Å². The van der Waals surface area contributed by atoms with E-state index < -0.39 is 5.97 Å². The minimum absolute atomic E-state index is 0.0742. The first-order valence-corrected chi connectivity index (χ1v) is 6.53. The Morgan fingerprint density at radius 1 is 1.16 bits per heavy atom. The zero-order valence-corrected chi connectivity index (χ0v) is 11.2. The fourth-order valence-corrected chi connectivity index (χ4v) is 1.53. The zero-order valence-electron chi connectivity index (χ0n) is 11.2. The number of aromatic hydroxyl groups is 2. The van der Waals surface area contributed by atoms with Gasteiger partial charge in [-0.15, -0.1) is 4.73 Å². The van der Waals surface area contributed by atoms with Crippen LogP contribution >= 0.6 is 0 Å². The summed E-state index contributed by atoms with van der Waals surface area (Å²) in [5.41, 5.74) is 0. The van der Waals surface area contributed by atoms with Crippen LogP contribution in [0, 0.1) is 0 Å². The molecule has 1 rings (SSSR count). The fourth-order valence-electron chi connectivity index (χ4n) is 1.53. The predicted molar refractivity (Wildman–Crippen MR) is 68.9 cm³/mol. The number of carbonyl (C=O) groups is 1. The van der Waals surface area contributed by atoms with Gasteiger partial charge in [-0.3, -0.25) is 0 Å². The van der Waals surface area contributed by atoms with E-state index in [1.807, 2.05) is 0 Å². The fraction of sp³-hybridized carbons (Fsp3) is 0.615. The van der Waals surface area contributed by atoms with E-state index >= 15 is 0 Å². The van der Waals surface area contributed by atoms with Crippen molar-refractivity contribution in [2.75, 3.05) is 13.2 Å². The average Bonchev–Trinajstić information content (AvgIpc) is 2.69. The van der Waals surface area contributed by atoms with Crippen LogP contribution in [0.5, 0.6) is 11.8 Å². The van der Waals surface area contributed by atoms with Crippen molar-refractivity contribution in [3.8, 4) is 11.8 Å². The number of rotatable bonds is 9. The molecule has 0 saturated carbocycles. The van der Waals surface area contributed by atoms with Crippen LogP contribution in [0.3, 0.4) is 0 Å². The number of ether oxygens (including phenoxy) is 1. The maximum absolute atomic E-state index is 11.4. The van der Waals surface area contributed by atoms with Crippen molar-refractivity contribution in [1.29, 1.82) is 0 Å². The first kappa shape index (κ1) is 15.4. The van der Waals surface area contributed by atoms with E-state index in [9.17, 15) is 15.0 Å². The molecule has 1 aromatic heterocycles. The monoisotopic (exact) mass is 271 g/mol. The highest BCUT2D eigenvalue weighted by molar-refractivity contribution is 5.70. The summed E-state index contributed by atoms with van der Waals surface area (Å²) < 4.78 is 5.97. The molecular formula is C13H21NO5. The number of hydrogen-bond donors (Lipinski definition) is 2. The molecule has 0 spiro atoms. The van der Waals surface area contributed by atoms with E-state index in [-0.39, 0.29) is 24.8 Å². The Balaban J connectivity index is 2.12. The summed E-state index contributed by atoms with van der Waals surface area (Å²) in [6.45, 7) is 3.05. The molecule has 1 heterocycles. The minimum Gasteiger partial charge on any atom is -0.492 e. The highest BCUT2D eigenvalue weighted by Crippen LogP contribution is 2.18. The smallest absolute Gasteiger partial charge is 0.335 e. The summed E-state index contributed by atoms with van der Waals surface area (Å²) in [5, 5.41) is 18.5. The van der Waals surface area contributed by atoms with E-state index in [0.717, 1.165) is 12.8 Å². The zero-order chi connectivity index (χ0) is 14.1.